The maximum absolute atomic E-state index is 3.81. The zero-order valence-electron chi connectivity index (χ0n) is 12.2. The second kappa shape index (κ2) is 7.76. The van der Waals surface area contributed by atoms with Gasteiger partial charge in [0.1, 0.15) is 0 Å². The summed E-state index contributed by atoms with van der Waals surface area (Å²) in [6.45, 7) is 6.16. The summed E-state index contributed by atoms with van der Waals surface area (Å²) < 4.78 is 0. The summed E-state index contributed by atoms with van der Waals surface area (Å²) in [6.07, 6.45) is 10.9. The first-order valence-electron chi connectivity index (χ1n) is 7.77. The Hall–Kier alpha value is 0.270. The van der Waals surface area contributed by atoms with Gasteiger partial charge >= 0.3 is 0 Å². The molecule has 1 heterocycles. The summed E-state index contributed by atoms with van der Waals surface area (Å²) in [5, 5.41) is 3.81. The fourth-order valence-corrected chi connectivity index (χ4v) is 3.94. The van der Waals surface area contributed by atoms with Crippen molar-refractivity contribution in [2.24, 2.45) is 5.92 Å². The van der Waals surface area contributed by atoms with Crippen molar-refractivity contribution in [1.82, 2.24) is 10.2 Å². The molecule has 2 aliphatic rings. The number of hydrogen-bond donors (Lipinski definition) is 1. The second-order valence-corrected chi connectivity index (χ2v) is 7.09. The summed E-state index contributed by atoms with van der Waals surface area (Å²) >= 11 is 1.98. The van der Waals surface area contributed by atoms with E-state index < -0.39 is 0 Å². The Labute approximate surface area is 117 Å². The maximum Gasteiger partial charge on any atom is 0.0224 e. The second-order valence-electron chi connectivity index (χ2n) is 6.10. The average Bonchev–Trinajstić information content (AvgIpc) is 2.42. The van der Waals surface area contributed by atoms with Crippen molar-refractivity contribution in [2.45, 2.75) is 57.5 Å². The highest BCUT2D eigenvalue weighted by Crippen LogP contribution is 2.28. The third kappa shape index (κ3) is 4.14. The van der Waals surface area contributed by atoms with Crippen LogP contribution in [0.2, 0.25) is 0 Å². The molecule has 18 heavy (non-hydrogen) atoms. The van der Waals surface area contributed by atoms with Gasteiger partial charge in [-0.05, 0) is 50.7 Å². The minimum Gasteiger partial charge on any atom is -0.311 e. The Morgan fingerprint density at radius 1 is 1.22 bits per heavy atom. The molecule has 1 N–H and O–H groups in total. The molecule has 0 radical (unpaired) electrons. The summed E-state index contributed by atoms with van der Waals surface area (Å²) in [7, 11) is 0. The highest BCUT2D eigenvalue weighted by atomic mass is 32.2. The molecule has 0 amide bonds. The minimum atomic E-state index is 0.728. The van der Waals surface area contributed by atoms with Crippen LogP contribution in [-0.4, -0.2) is 48.6 Å². The molecule has 1 aliphatic carbocycles. The van der Waals surface area contributed by atoms with Crippen LogP contribution in [-0.2, 0) is 0 Å². The molecule has 0 aromatic heterocycles. The first-order chi connectivity index (χ1) is 8.81. The van der Waals surface area contributed by atoms with Crippen molar-refractivity contribution in [1.29, 1.82) is 0 Å². The SMILES string of the molecule is CSCCCN1CC(C2CCCCC2)NCC1C. The van der Waals surface area contributed by atoms with Gasteiger partial charge in [-0.3, -0.25) is 4.90 Å². The Kier molecular flexibility index (Phi) is 6.33. The molecule has 1 saturated heterocycles. The monoisotopic (exact) mass is 270 g/mol. The predicted molar refractivity (Wildman–Crippen MR) is 82.4 cm³/mol. The molecule has 2 unspecified atom stereocenters. The Morgan fingerprint density at radius 2 is 2.00 bits per heavy atom. The van der Waals surface area contributed by atoms with Crippen LogP contribution in [0.3, 0.4) is 0 Å². The summed E-state index contributed by atoms with van der Waals surface area (Å²) in [6, 6.07) is 1.50. The Morgan fingerprint density at radius 3 is 2.72 bits per heavy atom. The molecule has 0 aromatic carbocycles. The van der Waals surface area contributed by atoms with Crippen molar-refractivity contribution in [2.75, 3.05) is 31.6 Å². The molecule has 2 atom stereocenters. The number of thioether (sulfide) groups is 1. The topological polar surface area (TPSA) is 15.3 Å². The molecule has 2 fully saturated rings. The van der Waals surface area contributed by atoms with Crippen molar-refractivity contribution in [3.05, 3.63) is 0 Å². The molecular weight excluding hydrogens is 240 g/mol. The average molecular weight is 270 g/mol. The van der Waals surface area contributed by atoms with Gasteiger partial charge in [0.25, 0.3) is 0 Å². The lowest BCUT2D eigenvalue weighted by atomic mass is 9.82. The number of hydrogen-bond acceptors (Lipinski definition) is 3. The maximum atomic E-state index is 3.81. The largest absolute Gasteiger partial charge is 0.311 e. The van der Waals surface area contributed by atoms with E-state index in [9.17, 15) is 0 Å². The highest BCUT2D eigenvalue weighted by Gasteiger charge is 2.30. The zero-order chi connectivity index (χ0) is 12.8. The van der Waals surface area contributed by atoms with Gasteiger partial charge < -0.3 is 5.32 Å². The van der Waals surface area contributed by atoms with Crippen molar-refractivity contribution >= 4 is 11.8 Å². The van der Waals surface area contributed by atoms with Gasteiger partial charge in [0.2, 0.25) is 0 Å². The van der Waals surface area contributed by atoms with E-state index in [0.717, 1.165) is 18.0 Å². The van der Waals surface area contributed by atoms with E-state index in [1.165, 1.54) is 63.9 Å². The molecule has 2 rings (SSSR count). The lowest BCUT2D eigenvalue weighted by Gasteiger charge is -2.43. The van der Waals surface area contributed by atoms with Crippen LogP contribution in [0.15, 0.2) is 0 Å². The van der Waals surface area contributed by atoms with Crippen LogP contribution >= 0.6 is 11.8 Å². The van der Waals surface area contributed by atoms with Gasteiger partial charge in [-0.25, -0.2) is 0 Å². The molecule has 0 aromatic rings. The molecule has 3 heteroatoms. The molecule has 0 bridgehead atoms. The van der Waals surface area contributed by atoms with Crippen molar-refractivity contribution in [3.63, 3.8) is 0 Å². The van der Waals surface area contributed by atoms with E-state index in [-0.39, 0.29) is 0 Å². The normalized spacial score (nSPS) is 31.7. The van der Waals surface area contributed by atoms with Crippen molar-refractivity contribution < 1.29 is 0 Å². The Bertz CT molecular complexity index is 229. The lowest BCUT2D eigenvalue weighted by molar-refractivity contribution is 0.105. The van der Waals surface area contributed by atoms with Crippen LogP contribution < -0.4 is 5.32 Å². The van der Waals surface area contributed by atoms with Gasteiger partial charge in [0.15, 0.2) is 0 Å². The number of nitrogens with one attached hydrogen (secondary N) is 1. The minimum absolute atomic E-state index is 0.728. The quantitative estimate of drug-likeness (QED) is 0.773. The van der Waals surface area contributed by atoms with Crippen LogP contribution in [0.5, 0.6) is 0 Å². The van der Waals surface area contributed by atoms with Crippen LogP contribution in [0.1, 0.15) is 45.4 Å². The summed E-state index contributed by atoms with van der Waals surface area (Å²) in [5.74, 6) is 2.26. The third-order valence-electron chi connectivity index (χ3n) is 4.74. The van der Waals surface area contributed by atoms with E-state index in [0.29, 0.717) is 0 Å². The predicted octanol–water partition coefficient (Wildman–Crippen LogP) is 2.98. The first kappa shape index (κ1) is 14.7. The standard InChI is InChI=1S/C15H30N2S/c1-13-11-16-15(14-7-4-3-5-8-14)12-17(13)9-6-10-18-2/h13-16H,3-12H2,1-2H3. The van der Waals surface area contributed by atoms with Crippen LogP contribution in [0.4, 0.5) is 0 Å². The zero-order valence-corrected chi connectivity index (χ0v) is 13.0. The van der Waals surface area contributed by atoms with Crippen LogP contribution in [0, 0.1) is 5.92 Å². The fraction of sp³-hybridized carbons (Fsp3) is 1.00. The van der Waals surface area contributed by atoms with Crippen LogP contribution in [0.25, 0.3) is 0 Å². The molecule has 106 valence electrons. The number of nitrogens with zero attached hydrogens (tertiary/aromatic N) is 1. The summed E-state index contributed by atoms with van der Waals surface area (Å²) in [5.41, 5.74) is 0. The summed E-state index contributed by atoms with van der Waals surface area (Å²) in [4.78, 5) is 2.73. The van der Waals surface area contributed by atoms with Gasteiger partial charge in [0, 0.05) is 25.2 Å². The Balaban J connectivity index is 1.79. The van der Waals surface area contributed by atoms with Gasteiger partial charge in [-0.1, -0.05) is 19.3 Å². The van der Waals surface area contributed by atoms with E-state index in [4.69, 9.17) is 0 Å². The van der Waals surface area contributed by atoms with Gasteiger partial charge in [-0.15, -0.1) is 0 Å². The molecule has 1 aliphatic heterocycles. The van der Waals surface area contributed by atoms with Gasteiger partial charge in [-0.2, -0.15) is 11.8 Å². The van der Waals surface area contributed by atoms with E-state index in [1.54, 1.807) is 0 Å². The third-order valence-corrected chi connectivity index (χ3v) is 5.44. The molecule has 1 saturated carbocycles. The number of piperazine rings is 1. The van der Waals surface area contributed by atoms with E-state index in [2.05, 4.69) is 23.4 Å². The molecule has 2 nitrogen and oxygen atoms in total. The lowest BCUT2D eigenvalue weighted by Crippen LogP contribution is -2.58. The highest BCUT2D eigenvalue weighted by molar-refractivity contribution is 7.98. The molecule has 0 spiro atoms. The number of rotatable bonds is 5. The van der Waals surface area contributed by atoms with Crippen molar-refractivity contribution in [3.8, 4) is 0 Å². The fourth-order valence-electron chi connectivity index (χ4n) is 3.52. The molecular formula is C15H30N2S. The first-order valence-corrected chi connectivity index (χ1v) is 9.17. The van der Waals surface area contributed by atoms with Gasteiger partial charge in [0.05, 0.1) is 0 Å². The van der Waals surface area contributed by atoms with E-state index >= 15 is 0 Å². The van der Waals surface area contributed by atoms with E-state index in [1.807, 2.05) is 11.8 Å². The smallest absolute Gasteiger partial charge is 0.0224 e.